The molecule has 0 saturated heterocycles. The van der Waals surface area contributed by atoms with Crippen LogP contribution in [0.1, 0.15) is 32.2 Å². The highest BCUT2D eigenvalue weighted by molar-refractivity contribution is 5.63. The van der Waals surface area contributed by atoms with E-state index in [1.54, 1.807) is 0 Å². The van der Waals surface area contributed by atoms with Gasteiger partial charge in [0.15, 0.2) is 0 Å². The van der Waals surface area contributed by atoms with E-state index in [1.807, 2.05) is 38.1 Å². The molecule has 5 heteroatoms. The highest BCUT2D eigenvalue weighted by atomic mass is 16.5. The Morgan fingerprint density at radius 2 is 2.11 bits per heavy atom. The summed E-state index contributed by atoms with van der Waals surface area (Å²) < 4.78 is 10.7. The minimum atomic E-state index is -0.217. The summed E-state index contributed by atoms with van der Waals surface area (Å²) in [6.07, 6.45) is 0.759. The molecule has 1 aromatic heterocycles. The van der Waals surface area contributed by atoms with E-state index < -0.39 is 0 Å². The quantitative estimate of drug-likeness (QED) is 0.878. The number of nitrogens with two attached hydrogens (primary N) is 1. The maximum atomic E-state index is 5.85. The van der Waals surface area contributed by atoms with Crippen LogP contribution in [0, 0.1) is 0 Å². The first-order valence-electron chi connectivity index (χ1n) is 6.07. The Kier molecular flexibility index (Phi) is 3.94. The van der Waals surface area contributed by atoms with Crippen LogP contribution in [0.5, 0.6) is 5.75 Å². The Labute approximate surface area is 106 Å². The lowest BCUT2D eigenvalue weighted by atomic mass is 10.2. The van der Waals surface area contributed by atoms with Crippen LogP contribution in [-0.2, 0) is 0 Å². The summed E-state index contributed by atoms with van der Waals surface area (Å²) in [5.74, 6) is 1.72. The summed E-state index contributed by atoms with van der Waals surface area (Å²) in [4.78, 5) is 4.31. The molecule has 96 valence electrons. The highest BCUT2D eigenvalue weighted by Gasteiger charge is 2.16. The average Bonchev–Trinajstić information content (AvgIpc) is 2.88. The van der Waals surface area contributed by atoms with Gasteiger partial charge in [0.25, 0.3) is 0 Å². The Bertz CT molecular complexity index is 510. The zero-order valence-corrected chi connectivity index (χ0v) is 10.6. The number of para-hydroxylation sites is 1. The molecule has 0 amide bonds. The van der Waals surface area contributed by atoms with Gasteiger partial charge in [-0.2, -0.15) is 4.98 Å². The summed E-state index contributed by atoms with van der Waals surface area (Å²) in [6, 6.07) is 7.39. The van der Waals surface area contributed by atoms with Crippen molar-refractivity contribution in [3.8, 4) is 17.1 Å². The molecule has 0 aliphatic rings. The van der Waals surface area contributed by atoms with Gasteiger partial charge >= 0.3 is 0 Å². The van der Waals surface area contributed by atoms with E-state index in [-0.39, 0.29) is 6.04 Å². The van der Waals surface area contributed by atoms with Crippen LogP contribution in [0.3, 0.4) is 0 Å². The van der Waals surface area contributed by atoms with Crippen molar-refractivity contribution < 1.29 is 9.26 Å². The lowest BCUT2D eigenvalue weighted by molar-refractivity contribution is 0.340. The van der Waals surface area contributed by atoms with Crippen LogP contribution in [0.25, 0.3) is 11.4 Å². The predicted molar refractivity (Wildman–Crippen MR) is 68.1 cm³/mol. The maximum absolute atomic E-state index is 5.85. The molecule has 5 nitrogen and oxygen atoms in total. The second-order valence-electron chi connectivity index (χ2n) is 3.90. The molecule has 0 saturated carbocycles. The second kappa shape index (κ2) is 5.64. The largest absolute Gasteiger partial charge is 0.493 e. The summed E-state index contributed by atoms with van der Waals surface area (Å²) in [5.41, 5.74) is 6.67. The minimum Gasteiger partial charge on any atom is -0.493 e. The van der Waals surface area contributed by atoms with Gasteiger partial charge in [-0.05, 0) is 25.5 Å². The monoisotopic (exact) mass is 247 g/mol. The fourth-order valence-corrected chi connectivity index (χ4v) is 1.60. The second-order valence-corrected chi connectivity index (χ2v) is 3.90. The average molecular weight is 247 g/mol. The Morgan fingerprint density at radius 3 is 2.83 bits per heavy atom. The van der Waals surface area contributed by atoms with Crippen molar-refractivity contribution in [3.05, 3.63) is 30.2 Å². The molecule has 0 fully saturated rings. The summed E-state index contributed by atoms with van der Waals surface area (Å²) in [7, 11) is 0. The van der Waals surface area contributed by atoms with E-state index in [4.69, 9.17) is 15.0 Å². The van der Waals surface area contributed by atoms with Crippen LogP contribution < -0.4 is 10.5 Å². The van der Waals surface area contributed by atoms with Gasteiger partial charge in [0, 0.05) is 0 Å². The van der Waals surface area contributed by atoms with Gasteiger partial charge in [-0.1, -0.05) is 24.2 Å². The first-order valence-corrected chi connectivity index (χ1v) is 6.07. The van der Waals surface area contributed by atoms with Crippen LogP contribution in [0.15, 0.2) is 28.8 Å². The fraction of sp³-hybridized carbons (Fsp3) is 0.385. The van der Waals surface area contributed by atoms with E-state index in [2.05, 4.69) is 10.1 Å². The van der Waals surface area contributed by atoms with Gasteiger partial charge in [-0.25, -0.2) is 0 Å². The molecule has 1 heterocycles. The molecule has 2 aromatic rings. The zero-order valence-electron chi connectivity index (χ0n) is 10.6. The van der Waals surface area contributed by atoms with Gasteiger partial charge < -0.3 is 15.0 Å². The van der Waals surface area contributed by atoms with Crippen molar-refractivity contribution in [2.75, 3.05) is 6.61 Å². The Balaban J connectivity index is 2.33. The number of rotatable bonds is 5. The first kappa shape index (κ1) is 12.6. The standard InChI is InChI=1S/C13H17N3O2/c1-3-10(14)13-15-12(16-18-13)9-7-5-6-8-11(9)17-4-2/h5-8,10H,3-4,14H2,1-2H3/t10-/m0/s1. The molecule has 0 aliphatic carbocycles. The van der Waals surface area contributed by atoms with Crippen molar-refractivity contribution in [3.63, 3.8) is 0 Å². The maximum Gasteiger partial charge on any atom is 0.243 e. The summed E-state index contributed by atoms with van der Waals surface area (Å²) >= 11 is 0. The molecule has 1 aromatic carbocycles. The molecule has 0 spiro atoms. The lowest BCUT2D eigenvalue weighted by Gasteiger charge is -2.06. The molecule has 0 aliphatic heterocycles. The third kappa shape index (κ3) is 2.51. The SMILES string of the molecule is CCOc1ccccc1-c1noc([C@@H](N)CC)n1. The van der Waals surface area contributed by atoms with E-state index in [9.17, 15) is 0 Å². The van der Waals surface area contributed by atoms with Gasteiger partial charge in [0.2, 0.25) is 11.7 Å². The molecule has 0 unspecified atom stereocenters. The molecule has 18 heavy (non-hydrogen) atoms. The number of hydrogen-bond donors (Lipinski definition) is 1. The first-order chi connectivity index (χ1) is 8.76. The molecule has 0 bridgehead atoms. The third-order valence-electron chi connectivity index (χ3n) is 2.63. The van der Waals surface area contributed by atoms with Gasteiger partial charge in [0.1, 0.15) is 5.75 Å². The van der Waals surface area contributed by atoms with Crippen molar-refractivity contribution in [1.29, 1.82) is 0 Å². The van der Waals surface area contributed by atoms with Gasteiger partial charge in [0.05, 0.1) is 18.2 Å². The van der Waals surface area contributed by atoms with Crippen LogP contribution >= 0.6 is 0 Å². The third-order valence-corrected chi connectivity index (χ3v) is 2.63. The zero-order chi connectivity index (χ0) is 13.0. The molecule has 0 radical (unpaired) electrons. The van der Waals surface area contributed by atoms with Crippen LogP contribution in [0.4, 0.5) is 0 Å². The number of ether oxygens (including phenoxy) is 1. The lowest BCUT2D eigenvalue weighted by Crippen LogP contribution is -2.08. The fourth-order valence-electron chi connectivity index (χ4n) is 1.60. The van der Waals surface area contributed by atoms with E-state index in [1.165, 1.54) is 0 Å². The number of benzene rings is 1. The topological polar surface area (TPSA) is 74.2 Å². The van der Waals surface area contributed by atoms with Gasteiger partial charge in [-0.3, -0.25) is 0 Å². The summed E-state index contributed by atoms with van der Waals surface area (Å²) in [6.45, 7) is 4.50. The molecular formula is C13H17N3O2. The number of aromatic nitrogens is 2. The molecule has 2 N–H and O–H groups in total. The van der Waals surface area contributed by atoms with E-state index in [0.717, 1.165) is 17.7 Å². The number of hydrogen-bond acceptors (Lipinski definition) is 5. The van der Waals surface area contributed by atoms with Crippen molar-refractivity contribution >= 4 is 0 Å². The Hall–Kier alpha value is -1.88. The minimum absolute atomic E-state index is 0.217. The van der Waals surface area contributed by atoms with Crippen LogP contribution in [0.2, 0.25) is 0 Å². The predicted octanol–water partition coefficient (Wildman–Crippen LogP) is 2.55. The molecule has 2 rings (SSSR count). The van der Waals surface area contributed by atoms with Crippen LogP contribution in [-0.4, -0.2) is 16.7 Å². The molecule has 1 atom stereocenters. The Morgan fingerprint density at radius 1 is 1.33 bits per heavy atom. The normalized spacial score (nSPS) is 12.4. The van der Waals surface area contributed by atoms with Crippen molar-refractivity contribution in [2.45, 2.75) is 26.3 Å². The van der Waals surface area contributed by atoms with Gasteiger partial charge in [-0.15, -0.1) is 0 Å². The van der Waals surface area contributed by atoms with E-state index >= 15 is 0 Å². The van der Waals surface area contributed by atoms with Crippen molar-refractivity contribution in [1.82, 2.24) is 10.1 Å². The van der Waals surface area contributed by atoms with Crippen molar-refractivity contribution in [2.24, 2.45) is 5.73 Å². The smallest absolute Gasteiger partial charge is 0.243 e. The molecular weight excluding hydrogens is 230 g/mol. The van der Waals surface area contributed by atoms with E-state index in [0.29, 0.717) is 18.3 Å². The highest BCUT2D eigenvalue weighted by Crippen LogP contribution is 2.28. The number of nitrogens with zero attached hydrogens (tertiary/aromatic N) is 2. The summed E-state index contributed by atoms with van der Waals surface area (Å²) in [5, 5.41) is 3.95.